The van der Waals surface area contributed by atoms with E-state index in [0.717, 1.165) is 39.5 Å². The van der Waals surface area contributed by atoms with Crippen LogP contribution in [-0.2, 0) is 0 Å². The number of hydrogen-bond acceptors (Lipinski definition) is 5. The molecule has 0 saturated carbocycles. The van der Waals surface area contributed by atoms with Gasteiger partial charge >= 0.3 is 0 Å². The highest BCUT2D eigenvalue weighted by atomic mass is 19.1. The van der Waals surface area contributed by atoms with Crippen LogP contribution in [0.5, 0.6) is 5.75 Å². The van der Waals surface area contributed by atoms with Crippen LogP contribution in [0.1, 0.15) is 16.7 Å². The van der Waals surface area contributed by atoms with E-state index in [-0.39, 0.29) is 5.82 Å². The fourth-order valence-electron chi connectivity index (χ4n) is 3.12. The predicted octanol–water partition coefficient (Wildman–Crippen LogP) is 4.33. The lowest BCUT2D eigenvalue weighted by Gasteiger charge is -2.14. The Balaban J connectivity index is 1.82. The van der Waals surface area contributed by atoms with Crippen LogP contribution in [0.3, 0.4) is 0 Å². The molecule has 4 rings (SSSR count). The predicted molar refractivity (Wildman–Crippen MR) is 115 cm³/mol. The third-order valence-electron chi connectivity index (χ3n) is 4.74. The molecule has 0 aromatic heterocycles. The van der Waals surface area contributed by atoms with Crippen molar-refractivity contribution in [1.29, 1.82) is 0 Å². The van der Waals surface area contributed by atoms with Crippen molar-refractivity contribution in [3.63, 3.8) is 0 Å². The van der Waals surface area contributed by atoms with Gasteiger partial charge in [0.05, 0.1) is 12.8 Å². The van der Waals surface area contributed by atoms with E-state index in [1.165, 1.54) is 12.1 Å². The van der Waals surface area contributed by atoms with E-state index in [1.807, 2.05) is 61.5 Å². The van der Waals surface area contributed by atoms with Gasteiger partial charge in [0.2, 0.25) is 0 Å². The van der Waals surface area contributed by atoms with E-state index in [1.54, 1.807) is 19.2 Å². The van der Waals surface area contributed by atoms with Crippen LogP contribution >= 0.6 is 0 Å². The van der Waals surface area contributed by atoms with Gasteiger partial charge < -0.3 is 9.64 Å². The summed E-state index contributed by atoms with van der Waals surface area (Å²) in [5.41, 5.74) is 8.22. The summed E-state index contributed by atoms with van der Waals surface area (Å²) in [4.78, 5) is 6.79. The second-order valence-corrected chi connectivity index (χ2v) is 6.86. The van der Waals surface area contributed by atoms with Crippen molar-refractivity contribution in [2.75, 3.05) is 26.1 Å². The quantitative estimate of drug-likeness (QED) is 0.724. The maximum absolute atomic E-state index is 13.3. The molecule has 146 valence electrons. The molecule has 0 atom stereocenters. The molecule has 29 heavy (non-hydrogen) atoms. The number of hydrogen-bond donors (Lipinski definition) is 1. The molecule has 0 aliphatic carbocycles. The number of fused-ring (bicyclic) bond motifs is 1. The molecule has 1 aliphatic heterocycles. The molecule has 6 heteroatoms. The van der Waals surface area contributed by atoms with E-state index in [0.29, 0.717) is 5.84 Å². The summed E-state index contributed by atoms with van der Waals surface area (Å²) >= 11 is 0. The van der Waals surface area contributed by atoms with Crippen LogP contribution in [0, 0.1) is 5.82 Å². The zero-order chi connectivity index (χ0) is 20.4. The average molecular weight is 388 g/mol. The first kappa shape index (κ1) is 18.7. The summed E-state index contributed by atoms with van der Waals surface area (Å²) in [5, 5.41) is 4.64. The molecule has 0 unspecified atom stereocenters. The largest absolute Gasteiger partial charge is 0.497 e. The monoisotopic (exact) mass is 388 g/mol. The van der Waals surface area contributed by atoms with E-state index in [2.05, 4.69) is 10.5 Å². The third kappa shape index (κ3) is 3.82. The minimum atomic E-state index is -0.293. The lowest BCUT2D eigenvalue weighted by molar-refractivity contribution is 0.415. The van der Waals surface area contributed by atoms with Crippen molar-refractivity contribution >= 4 is 22.9 Å². The van der Waals surface area contributed by atoms with Crippen LogP contribution < -0.4 is 15.1 Å². The minimum absolute atomic E-state index is 0.293. The van der Waals surface area contributed by atoms with Crippen molar-refractivity contribution < 1.29 is 9.13 Å². The molecule has 1 heterocycles. The topological polar surface area (TPSA) is 49.2 Å². The normalized spacial score (nSPS) is 12.8. The molecule has 0 bridgehead atoms. The number of nitrogens with zero attached hydrogens (tertiary/aromatic N) is 3. The molecule has 0 fully saturated rings. The van der Waals surface area contributed by atoms with Crippen molar-refractivity contribution in [2.45, 2.75) is 0 Å². The second-order valence-electron chi connectivity index (χ2n) is 6.86. The zero-order valence-electron chi connectivity index (χ0n) is 16.5. The number of ether oxygens (including phenoxy) is 1. The maximum atomic E-state index is 13.3. The Morgan fingerprint density at radius 3 is 2.24 bits per heavy atom. The molecule has 0 amide bonds. The maximum Gasteiger partial charge on any atom is 0.154 e. The average Bonchev–Trinajstić information content (AvgIpc) is 2.93. The van der Waals surface area contributed by atoms with E-state index < -0.39 is 0 Å². The Morgan fingerprint density at radius 1 is 0.897 bits per heavy atom. The minimum Gasteiger partial charge on any atom is -0.497 e. The number of halogens is 1. The molecule has 5 nitrogen and oxygen atoms in total. The van der Waals surface area contributed by atoms with Gasteiger partial charge in [-0.1, -0.05) is 12.1 Å². The first-order valence-electron chi connectivity index (χ1n) is 9.19. The summed E-state index contributed by atoms with van der Waals surface area (Å²) in [6.07, 6.45) is 0. The van der Waals surface area contributed by atoms with Crippen LogP contribution in [0.25, 0.3) is 0 Å². The molecule has 0 radical (unpaired) electrons. The SMILES string of the molecule is COc1ccc2c(c1)C(c1ccc(N(C)C)cc1)=NNC(c1ccc(F)cc1)=N2. The molecule has 3 aromatic carbocycles. The number of nitrogens with one attached hydrogen (secondary N) is 1. The van der Waals surface area contributed by atoms with Gasteiger partial charge in [0.1, 0.15) is 17.3 Å². The van der Waals surface area contributed by atoms with Crippen LogP contribution in [0.4, 0.5) is 15.8 Å². The Bertz CT molecular complexity index is 1090. The highest BCUT2D eigenvalue weighted by Crippen LogP contribution is 2.30. The van der Waals surface area contributed by atoms with E-state index in [4.69, 9.17) is 9.73 Å². The fourth-order valence-corrected chi connectivity index (χ4v) is 3.12. The van der Waals surface area contributed by atoms with E-state index in [9.17, 15) is 4.39 Å². The van der Waals surface area contributed by atoms with Gasteiger partial charge in [0.15, 0.2) is 5.84 Å². The number of methoxy groups -OCH3 is 1. The fraction of sp³-hybridized carbons (Fsp3) is 0.130. The summed E-state index contributed by atoms with van der Waals surface area (Å²) in [6, 6.07) is 20.0. The Labute approximate surface area is 169 Å². The number of rotatable bonds is 4. The van der Waals surface area contributed by atoms with Crippen LogP contribution in [0.2, 0.25) is 0 Å². The molecule has 0 spiro atoms. The van der Waals surface area contributed by atoms with Gasteiger partial charge in [-0.2, -0.15) is 5.10 Å². The standard InChI is InChI=1S/C23H21FN4O/c1-28(2)18-10-6-15(7-11-18)22-20-14-19(29-3)12-13-21(20)25-23(27-26-22)16-4-8-17(24)9-5-16/h4-14H,1-3H3,(H,25,27). The van der Waals surface area contributed by atoms with Gasteiger partial charge in [-0.25, -0.2) is 9.38 Å². The first-order valence-corrected chi connectivity index (χ1v) is 9.19. The number of aliphatic imine (C=N–C) groups is 1. The van der Waals surface area contributed by atoms with Gasteiger partial charge in [-0.05, 0) is 54.6 Å². The highest BCUT2D eigenvalue weighted by molar-refractivity contribution is 6.18. The van der Waals surface area contributed by atoms with Gasteiger partial charge in [0.25, 0.3) is 0 Å². The smallest absolute Gasteiger partial charge is 0.154 e. The van der Waals surface area contributed by atoms with Gasteiger partial charge in [0, 0.05) is 36.5 Å². The molecule has 1 N–H and O–H groups in total. The summed E-state index contributed by atoms with van der Waals surface area (Å²) in [5.74, 6) is 0.983. The van der Waals surface area contributed by atoms with Crippen molar-refractivity contribution in [1.82, 2.24) is 5.43 Å². The Hall–Kier alpha value is -3.67. The second kappa shape index (κ2) is 7.75. The Morgan fingerprint density at radius 2 is 1.59 bits per heavy atom. The zero-order valence-corrected chi connectivity index (χ0v) is 16.5. The Kier molecular flexibility index (Phi) is 4.99. The number of benzene rings is 3. The molecule has 3 aromatic rings. The van der Waals surface area contributed by atoms with Crippen molar-refractivity contribution in [3.05, 3.63) is 89.2 Å². The molecule has 1 aliphatic rings. The molecular weight excluding hydrogens is 367 g/mol. The molecule has 0 saturated heterocycles. The third-order valence-corrected chi connectivity index (χ3v) is 4.74. The van der Waals surface area contributed by atoms with Crippen molar-refractivity contribution in [3.8, 4) is 5.75 Å². The number of hydrazone groups is 1. The van der Waals surface area contributed by atoms with Gasteiger partial charge in [-0.15, -0.1) is 0 Å². The molecular formula is C23H21FN4O. The lowest BCUT2D eigenvalue weighted by Crippen LogP contribution is -2.19. The summed E-state index contributed by atoms with van der Waals surface area (Å²) in [6.45, 7) is 0. The van der Waals surface area contributed by atoms with Crippen molar-refractivity contribution in [2.24, 2.45) is 10.1 Å². The van der Waals surface area contributed by atoms with Crippen LogP contribution in [-0.4, -0.2) is 32.8 Å². The first-order chi connectivity index (χ1) is 14.0. The van der Waals surface area contributed by atoms with Gasteiger partial charge in [-0.3, -0.25) is 5.43 Å². The van der Waals surface area contributed by atoms with E-state index >= 15 is 0 Å². The summed E-state index contributed by atoms with van der Waals surface area (Å²) < 4.78 is 18.7. The lowest BCUT2D eigenvalue weighted by atomic mass is 10.00. The van der Waals surface area contributed by atoms with Crippen LogP contribution in [0.15, 0.2) is 76.8 Å². The number of anilines is 1. The summed E-state index contributed by atoms with van der Waals surface area (Å²) in [7, 11) is 5.64. The number of amidine groups is 1. The highest BCUT2D eigenvalue weighted by Gasteiger charge is 2.18.